The van der Waals surface area contributed by atoms with Crippen LogP contribution in [-0.4, -0.2) is 40.6 Å². The standard InChI is InChI=1S/C15H16F3N3OS2/c1-5-21(3)14(22)13-11(23-4)6-10(24-13)12-9(15(16,17)18)7-19-8(2)20-12/h6-7H,5H2,1-4H3. The highest BCUT2D eigenvalue weighted by molar-refractivity contribution is 7.98. The second-order valence-corrected chi connectivity index (χ2v) is 6.91. The van der Waals surface area contributed by atoms with Gasteiger partial charge in [0.15, 0.2) is 0 Å². The number of hydrogen-bond acceptors (Lipinski definition) is 5. The van der Waals surface area contributed by atoms with Gasteiger partial charge in [0.1, 0.15) is 16.3 Å². The van der Waals surface area contributed by atoms with E-state index in [0.717, 1.165) is 17.5 Å². The van der Waals surface area contributed by atoms with Crippen molar-refractivity contribution in [2.24, 2.45) is 0 Å². The Bertz CT molecular complexity index is 759. The molecule has 2 aromatic rings. The van der Waals surface area contributed by atoms with Crippen molar-refractivity contribution in [2.45, 2.75) is 24.9 Å². The smallest absolute Gasteiger partial charge is 0.341 e. The van der Waals surface area contributed by atoms with Crippen molar-refractivity contribution in [3.05, 3.63) is 28.5 Å². The zero-order chi connectivity index (χ0) is 18.1. The number of halogens is 3. The Morgan fingerprint density at radius 2 is 2.08 bits per heavy atom. The monoisotopic (exact) mass is 375 g/mol. The molecule has 0 saturated heterocycles. The molecule has 0 fully saturated rings. The molecule has 0 aliphatic heterocycles. The van der Waals surface area contributed by atoms with Crippen molar-refractivity contribution in [3.63, 3.8) is 0 Å². The topological polar surface area (TPSA) is 46.1 Å². The van der Waals surface area contributed by atoms with Crippen LogP contribution in [0.4, 0.5) is 13.2 Å². The van der Waals surface area contributed by atoms with Crippen molar-refractivity contribution < 1.29 is 18.0 Å². The fraction of sp³-hybridized carbons (Fsp3) is 0.400. The Balaban J connectivity index is 2.61. The van der Waals surface area contributed by atoms with Crippen LogP contribution in [0.15, 0.2) is 17.2 Å². The van der Waals surface area contributed by atoms with E-state index in [1.165, 1.54) is 23.6 Å². The minimum absolute atomic E-state index is 0.187. The number of carbonyl (C=O) groups excluding carboxylic acids is 1. The molecule has 2 heterocycles. The Morgan fingerprint density at radius 1 is 1.42 bits per heavy atom. The van der Waals surface area contributed by atoms with Crippen molar-refractivity contribution in [1.82, 2.24) is 14.9 Å². The van der Waals surface area contributed by atoms with Gasteiger partial charge >= 0.3 is 6.18 Å². The largest absolute Gasteiger partial charge is 0.420 e. The first-order valence-corrected chi connectivity index (χ1v) is 9.07. The molecule has 0 unspecified atom stereocenters. The van der Waals surface area contributed by atoms with Crippen LogP contribution in [0.25, 0.3) is 10.6 Å². The summed E-state index contributed by atoms with van der Waals surface area (Å²) in [5.41, 5.74) is -1.08. The average molecular weight is 375 g/mol. The molecule has 24 heavy (non-hydrogen) atoms. The third-order valence-electron chi connectivity index (χ3n) is 3.38. The van der Waals surface area contributed by atoms with Gasteiger partial charge in [0.25, 0.3) is 5.91 Å². The van der Waals surface area contributed by atoms with Crippen LogP contribution in [-0.2, 0) is 6.18 Å². The fourth-order valence-electron chi connectivity index (χ4n) is 1.97. The number of aryl methyl sites for hydroxylation is 1. The van der Waals surface area contributed by atoms with Crippen molar-refractivity contribution >= 4 is 29.0 Å². The molecule has 4 nitrogen and oxygen atoms in total. The van der Waals surface area contributed by atoms with Gasteiger partial charge in [0.05, 0.1) is 10.6 Å². The molecule has 2 rings (SSSR count). The SMILES string of the molecule is CCN(C)C(=O)c1sc(-c2nc(C)ncc2C(F)(F)F)cc1SC. The molecule has 9 heteroatoms. The van der Waals surface area contributed by atoms with Gasteiger partial charge in [-0.2, -0.15) is 13.2 Å². The molecule has 0 N–H and O–H groups in total. The predicted molar refractivity (Wildman–Crippen MR) is 89.5 cm³/mol. The summed E-state index contributed by atoms with van der Waals surface area (Å²) in [5, 5.41) is 0. The minimum Gasteiger partial charge on any atom is -0.341 e. The average Bonchev–Trinajstić information content (AvgIpc) is 2.96. The van der Waals surface area contributed by atoms with Crippen molar-refractivity contribution in [2.75, 3.05) is 19.8 Å². The normalized spacial score (nSPS) is 11.6. The molecular formula is C15H16F3N3OS2. The second-order valence-electron chi connectivity index (χ2n) is 5.00. The van der Waals surface area contributed by atoms with E-state index in [-0.39, 0.29) is 17.4 Å². The lowest BCUT2D eigenvalue weighted by Gasteiger charge is -2.13. The maximum atomic E-state index is 13.2. The third kappa shape index (κ3) is 3.72. The van der Waals surface area contributed by atoms with Crippen LogP contribution in [0.3, 0.4) is 0 Å². The van der Waals surface area contributed by atoms with Gasteiger partial charge < -0.3 is 4.90 Å². The van der Waals surface area contributed by atoms with Gasteiger partial charge in [0, 0.05) is 24.7 Å². The first kappa shape index (κ1) is 18.7. The van der Waals surface area contributed by atoms with Gasteiger partial charge in [-0.25, -0.2) is 9.97 Å². The van der Waals surface area contributed by atoms with E-state index in [1.54, 1.807) is 19.4 Å². The van der Waals surface area contributed by atoms with Gasteiger partial charge in [-0.15, -0.1) is 23.1 Å². The summed E-state index contributed by atoms with van der Waals surface area (Å²) in [6.45, 7) is 3.88. The zero-order valence-corrected chi connectivity index (χ0v) is 15.2. The van der Waals surface area contributed by atoms with E-state index >= 15 is 0 Å². The number of alkyl halides is 3. The van der Waals surface area contributed by atoms with Crippen molar-refractivity contribution in [1.29, 1.82) is 0 Å². The molecule has 0 spiro atoms. The van der Waals surface area contributed by atoms with E-state index in [1.807, 2.05) is 6.92 Å². The molecule has 0 aromatic carbocycles. The number of thioether (sulfide) groups is 1. The molecule has 0 aliphatic rings. The van der Waals surface area contributed by atoms with Crippen molar-refractivity contribution in [3.8, 4) is 10.6 Å². The number of thiophene rings is 1. The number of rotatable bonds is 4. The molecule has 130 valence electrons. The zero-order valence-electron chi connectivity index (χ0n) is 13.6. The lowest BCUT2D eigenvalue weighted by Crippen LogP contribution is -2.25. The lowest BCUT2D eigenvalue weighted by molar-refractivity contribution is -0.137. The van der Waals surface area contributed by atoms with Crippen LogP contribution < -0.4 is 0 Å². The summed E-state index contributed by atoms with van der Waals surface area (Å²) < 4.78 is 39.7. The van der Waals surface area contributed by atoms with Crippen LogP contribution in [0, 0.1) is 6.92 Å². The van der Waals surface area contributed by atoms with E-state index in [0.29, 0.717) is 21.2 Å². The Hall–Kier alpha value is -1.61. The minimum atomic E-state index is -4.56. The summed E-state index contributed by atoms with van der Waals surface area (Å²) in [6, 6.07) is 1.59. The summed E-state index contributed by atoms with van der Waals surface area (Å²) in [4.78, 5) is 22.9. The Labute approximate surface area is 146 Å². The number of hydrogen-bond donors (Lipinski definition) is 0. The third-order valence-corrected chi connectivity index (χ3v) is 5.40. The van der Waals surface area contributed by atoms with Crippen LogP contribution in [0.1, 0.15) is 28.0 Å². The quantitative estimate of drug-likeness (QED) is 0.746. The molecule has 0 radical (unpaired) electrons. The highest BCUT2D eigenvalue weighted by Crippen LogP contribution is 2.41. The summed E-state index contributed by atoms with van der Waals surface area (Å²) in [7, 11) is 1.65. The van der Waals surface area contributed by atoms with E-state index in [4.69, 9.17) is 0 Å². The number of nitrogens with zero attached hydrogens (tertiary/aromatic N) is 3. The van der Waals surface area contributed by atoms with E-state index in [2.05, 4.69) is 9.97 Å². The molecular weight excluding hydrogens is 359 g/mol. The maximum Gasteiger partial charge on any atom is 0.420 e. The highest BCUT2D eigenvalue weighted by atomic mass is 32.2. The van der Waals surface area contributed by atoms with Gasteiger partial charge in [0.2, 0.25) is 0 Å². The fourth-order valence-corrected chi connectivity index (χ4v) is 3.98. The van der Waals surface area contributed by atoms with Crippen LogP contribution >= 0.6 is 23.1 Å². The summed E-state index contributed by atoms with van der Waals surface area (Å²) in [5.74, 6) is 0.0353. The van der Waals surface area contributed by atoms with E-state index < -0.39 is 11.7 Å². The predicted octanol–water partition coefficient (Wildman–Crippen LogP) is 4.35. The number of amides is 1. The van der Waals surface area contributed by atoms with Gasteiger partial charge in [-0.1, -0.05) is 0 Å². The molecule has 2 aromatic heterocycles. The second kappa shape index (κ2) is 7.10. The summed E-state index contributed by atoms with van der Waals surface area (Å²) >= 11 is 2.35. The molecule has 1 amide bonds. The van der Waals surface area contributed by atoms with Gasteiger partial charge in [-0.05, 0) is 26.2 Å². The van der Waals surface area contributed by atoms with Gasteiger partial charge in [-0.3, -0.25) is 4.79 Å². The Morgan fingerprint density at radius 3 is 2.62 bits per heavy atom. The molecule has 0 atom stereocenters. The maximum absolute atomic E-state index is 13.2. The number of carbonyl (C=O) groups is 1. The Kier molecular flexibility index (Phi) is 5.54. The summed E-state index contributed by atoms with van der Waals surface area (Å²) in [6.07, 6.45) is -1.99. The first-order valence-electron chi connectivity index (χ1n) is 7.03. The first-order chi connectivity index (χ1) is 11.2. The van der Waals surface area contributed by atoms with Crippen LogP contribution in [0.2, 0.25) is 0 Å². The molecule has 0 aliphatic carbocycles. The number of aromatic nitrogens is 2. The van der Waals surface area contributed by atoms with Crippen LogP contribution in [0.5, 0.6) is 0 Å². The van der Waals surface area contributed by atoms with E-state index in [9.17, 15) is 18.0 Å². The highest BCUT2D eigenvalue weighted by Gasteiger charge is 2.36. The lowest BCUT2D eigenvalue weighted by atomic mass is 10.2. The molecule has 0 saturated carbocycles. The molecule has 0 bridgehead atoms.